The summed E-state index contributed by atoms with van der Waals surface area (Å²) in [4.78, 5) is 9.98. The number of amidine groups is 2. The van der Waals surface area contributed by atoms with Crippen molar-refractivity contribution in [1.82, 2.24) is 5.32 Å². The second kappa shape index (κ2) is 14.9. The molecule has 8 aromatic rings. The third kappa shape index (κ3) is 7.03. The number of hydrogen-bond acceptors (Lipinski definition) is 4. The molecule has 0 radical (unpaired) electrons. The molecule has 8 aromatic carbocycles. The number of nitrogens with zero attached hydrogens (tertiary/aromatic N) is 2. The molecule has 1 unspecified atom stereocenters. The zero-order chi connectivity index (χ0) is 38.1. The molecule has 4 heteroatoms. The molecule has 57 heavy (non-hydrogen) atoms. The van der Waals surface area contributed by atoms with Crippen LogP contribution in [0.25, 0.3) is 55.3 Å². The van der Waals surface area contributed by atoms with E-state index in [1.54, 1.807) is 0 Å². The van der Waals surface area contributed by atoms with Gasteiger partial charge in [0.1, 0.15) is 12.0 Å². The Bertz CT molecular complexity index is 2800. The maximum Gasteiger partial charge on any atom is 0.159 e. The Morgan fingerprint density at radius 3 is 1.84 bits per heavy atom. The number of aliphatic imine (C=N–C) groups is 2. The Morgan fingerprint density at radius 2 is 1.11 bits per heavy atom. The van der Waals surface area contributed by atoms with Gasteiger partial charge in [-0.3, -0.25) is 0 Å². The van der Waals surface area contributed by atoms with E-state index in [-0.39, 0.29) is 6.17 Å². The average Bonchev–Trinajstić information content (AvgIpc) is 3.29. The van der Waals surface area contributed by atoms with E-state index in [1.165, 1.54) is 73.0 Å². The van der Waals surface area contributed by atoms with Gasteiger partial charge in [0.15, 0.2) is 5.84 Å². The van der Waals surface area contributed by atoms with Gasteiger partial charge in [0.2, 0.25) is 0 Å². The Morgan fingerprint density at radius 1 is 0.491 bits per heavy atom. The van der Waals surface area contributed by atoms with Crippen molar-refractivity contribution in [3.8, 4) is 44.5 Å². The van der Waals surface area contributed by atoms with Crippen LogP contribution in [0.3, 0.4) is 0 Å². The van der Waals surface area contributed by atoms with E-state index >= 15 is 0 Å². The summed E-state index contributed by atoms with van der Waals surface area (Å²) >= 11 is 0. The summed E-state index contributed by atoms with van der Waals surface area (Å²) in [6.07, 6.45) is 2.10. The van der Waals surface area contributed by atoms with Crippen molar-refractivity contribution in [2.75, 3.05) is 11.9 Å². The minimum absolute atomic E-state index is 0.226. The second-order valence-electron chi connectivity index (χ2n) is 15.1. The molecule has 2 heterocycles. The summed E-state index contributed by atoms with van der Waals surface area (Å²) in [5.74, 6) is 1.54. The minimum atomic E-state index is -0.226. The van der Waals surface area contributed by atoms with Crippen LogP contribution < -0.4 is 10.6 Å². The number of nitrogens with one attached hydrogen (secondary N) is 2. The Kier molecular flexibility index (Phi) is 9.00. The molecule has 0 saturated heterocycles. The predicted molar refractivity (Wildman–Crippen MR) is 239 cm³/mol. The van der Waals surface area contributed by atoms with Gasteiger partial charge in [-0.15, -0.1) is 0 Å². The van der Waals surface area contributed by atoms with Crippen molar-refractivity contribution in [2.24, 2.45) is 9.98 Å². The van der Waals surface area contributed by atoms with Crippen molar-refractivity contribution in [3.05, 3.63) is 210 Å². The van der Waals surface area contributed by atoms with Crippen molar-refractivity contribution < 1.29 is 0 Å². The number of rotatable bonds is 7. The fourth-order valence-electron chi connectivity index (χ4n) is 8.25. The highest BCUT2D eigenvalue weighted by Gasteiger charge is 2.21. The van der Waals surface area contributed by atoms with Gasteiger partial charge in [0, 0.05) is 28.9 Å². The van der Waals surface area contributed by atoms with Crippen molar-refractivity contribution in [2.45, 2.75) is 25.9 Å². The molecular weight excluding hydrogens is 693 g/mol. The van der Waals surface area contributed by atoms with Crippen LogP contribution >= 0.6 is 0 Å². The molecule has 0 spiro atoms. The topological polar surface area (TPSA) is 48.8 Å². The van der Waals surface area contributed by atoms with Crippen LogP contribution in [-0.2, 0) is 6.42 Å². The summed E-state index contributed by atoms with van der Waals surface area (Å²) < 4.78 is 0. The van der Waals surface area contributed by atoms with Crippen LogP contribution in [0.2, 0.25) is 0 Å². The molecule has 0 bridgehead atoms. The van der Waals surface area contributed by atoms with Gasteiger partial charge in [0.25, 0.3) is 0 Å². The lowest BCUT2D eigenvalue weighted by molar-refractivity contribution is 0.674. The molecule has 0 aliphatic carbocycles. The highest BCUT2D eigenvalue weighted by molar-refractivity contribution is 6.13. The molecule has 0 saturated carbocycles. The number of anilines is 1. The van der Waals surface area contributed by atoms with Crippen molar-refractivity contribution >= 4 is 28.1 Å². The van der Waals surface area contributed by atoms with Crippen LogP contribution in [0, 0.1) is 6.92 Å². The highest BCUT2D eigenvalue weighted by atomic mass is 15.2. The molecule has 2 aliphatic heterocycles. The number of para-hydroxylation sites is 1. The van der Waals surface area contributed by atoms with Crippen LogP contribution in [-0.4, -0.2) is 18.2 Å². The van der Waals surface area contributed by atoms with Crippen LogP contribution in [0.5, 0.6) is 0 Å². The third-order valence-electron chi connectivity index (χ3n) is 11.2. The lowest BCUT2D eigenvalue weighted by atomic mass is 9.92. The van der Waals surface area contributed by atoms with Crippen LogP contribution in [0.15, 0.2) is 192 Å². The molecule has 2 N–H and O–H groups in total. The summed E-state index contributed by atoms with van der Waals surface area (Å²) in [6.45, 7) is 3.23. The number of fused-ring (bicyclic) bond motifs is 2. The lowest BCUT2D eigenvalue weighted by Crippen LogP contribution is -2.33. The third-order valence-corrected chi connectivity index (χ3v) is 11.2. The first-order chi connectivity index (χ1) is 28.1. The molecule has 0 fully saturated rings. The van der Waals surface area contributed by atoms with E-state index in [4.69, 9.17) is 9.98 Å². The Labute approximate surface area is 334 Å². The summed E-state index contributed by atoms with van der Waals surface area (Å²) in [5, 5.41) is 9.68. The molecule has 1 atom stereocenters. The van der Waals surface area contributed by atoms with E-state index in [9.17, 15) is 0 Å². The maximum absolute atomic E-state index is 5.00. The number of hydrogen-bond donors (Lipinski definition) is 2. The largest absolute Gasteiger partial charge is 0.384 e. The molecule has 4 nitrogen and oxygen atoms in total. The molecule has 0 aromatic heterocycles. The monoisotopic (exact) mass is 734 g/mol. The number of aryl methyl sites for hydroxylation is 2. The number of benzene rings is 8. The standard InChI is InChI=1S/C53H42N4/c1-35-30-46(37-17-23-39(24-18-37)49-16-8-14-40-15-9-29-54-50(40)49)34-47(31-35)45-28-22-38-21-27-44(32-48(38)33-45)36-19-25-43(26-20-36)53-56-51(41-10-4-2-5-11-41)55-52(57-53)42-12-6-3-7-13-42/h2-8,10-14,16-28,30-34,51,54H,9,15,29H2,1H3,(H,55,56,57). The smallest absolute Gasteiger partial charge is 0.159 e. The fraction of sp³-hybridized carbons (Fsp3) is 0.0943. The molecule has 274 valence electrons. The molecule has 0 amide bonds. The molecular formula is C53H42N4. The van der Waals surface area contributed by atoms with Crippen molar-refractivity contribution in [1.29, 1.82) is 0 Å². The first-order valence-electron chi connectivity index (χ1n) is 19.9. The van der Waals surface area contributed by atoms with Crippen LogP contribution in [0.4, 0.5) is 5.69 Å². The van der Waals surface area contributed by atoms with Gasteiger partial charge in [-0.1, -0.05) is 164 Å². The quantitative estimate of drug-likeness (QED) is 0.171. The molecule has 2 aliphatic rings. The predicted octanol–water partition coefficient (Wildman–Crippen LogP) is 12.7. The van der Waals surface area contributed by atoms with E-state index in [0.717, 1.165) is 46.9 Å². The first-order valence-corrected chi connectivity index (χ1v) is 19.9. The van der Waals surface area contributed by atoms with Gasteiger partial charge in [0.05, 0.1) is 0 Å². The lowest BCUT2D eigenvalue weighted by Gasteiger charge is -2.23. The molecule has 10 rings (SSSR count). The van der Waals surface area contributed by atoms with E-state index in [1.807, 2.05) is 36.4 Å². The van der Waals surface area contributed by atoms with Gasteiger partial charge < -0.3 is 10.6 Å². The SMILES string of the molecule is Cc1cc(-c2ccc(-c3cccc4c3NCCC4)cc2)cc(-c2ccc3ccc(-c4ccc(C5=NC(c6ccccc6)=NC(c6ccccc6)N5)cc4)cc3c2)c1. The Hall–Kier alpha value is -7.04. The fourth-order valence-corrected chi connectivity index (χ4v) is 8.25. The van der Waals surface area contributed by atoms with Gasteiger partial charge in [-0.05, 0) is 104 Å². The summed E-state index contributed by atoms with van der Waals surface area (Å²) in [6, 6.07) is 65.5. The maximum atomic E-state index is 5.00. The van der Waals surface area contributed by atoms with Crippen molar-refractivity contribution in [3.63, 3.8) is 0 Å². The summed E-state index contributed by atoms with van der Waals surface area (Å²) in [5.41, 5.74) is 16.8. The van der Waals surface area contributed by atoms with Gasteiger partial charge >= 0.3 is 0 Å². The van der Waals surface area contributed by atoms with Gasteiger partial charge in [-0.2, -0.15) is 0 Å². The zero-order valence-electron chi connectivity index (χ0n) is 31.9. The van der Waals surface area contributed by atoms with Crippen LogP contribution in [0.1, 0.15) is 40.4 Å². The van der Waals surface area contributed by atoms with E-state index < -0.39 is 0 Å². The zero-order valence-corrected chi connectivity index (χ0v) is 31.9. The Balaban J connectivity index is 0.920. The minimum Gasteiger partial charge on any atom is -0.384 e. The summed E-state index contributed by atoms with van der Waals surface area (Å²) in [7, 11) is 0. The van der Waals surface area contributed by atoms with E-state index in [0.29, 0.717) is 0 Å². The average molecular weight is 735 g/mol. The first kappa shape index (κ1) is 34.5. The van der Waals surface area contributed by atoms with E-state index in [2.05, 4.69) is 163 Å². The highest BCUT2D eigenvalue weighted by Crippen LogP contribution is 2.36. The second-order valence-corrected chi connectivity index (χ2v) is 15.1. The van der Waals surface area contributed by atoms with Gasteiger partial charge in [-0.25, -0.2) is 9.98 Å². The normalized spacial score (nSPS) is 14.9.